The number of para-hydroxylation sites is 2. The van der Waals surface area contributed by atoms with Gasteiger partial charge >= 0.3 is 13.8 Å². The van der Waals surface area contributed by atoms with Crippen LogP contribution >= 0.6 is 7.82 Å². The molecule has 0 saturated carbocycles. The van der Waals surface area contributed by atoms with Crippen LogP contribution in [0.1, 0.15) is 18.1 Å². The Labute approximate surface area is 169 Å². The van der Waals surface area contributed by atoms with Crippen LogP contribution in [0.5, 0.6) is 11.5 Å². The summed E-state index contributed by atoms with van der Waals surface area (Å²) in [6.45, 7) is 1.33. The van der Waals surface area contributed by atoms with Crippen molar-refractivity contribution in [1.29, 1.82) is 0 Å². The van der Waals surface area contributed by atoms with Gasteiger partial charge in [0.2, 0.25) is 0 Å². The van der Waals surface area contributed by atoms with Crippen molar-refractivity contribution < 1.29 is 27.7 Å². The molecular weight excluding hydrogens is 391 g/mol. The van der Waals surface area contributed by atoms with Crippen LogP contribution in [-0.4, -0.2) is 5.97 Å². The third-order valence-electron chi connectivity index (χ3n) is 3.78. The predicted octanol–water partition coefficient (Wildman–Crippen LogP) is 5.53. The highest BCUT2D eigenvalue weighted by Crippen LogP contribution is 2.52. The first-order chi connectivity index (χ1) is 14.0. The summed E-state index contributed by atoms with van der Waals surface area (Å²) < 4.78 is 35.2. The van der Waals surface area contributed by atoms with Gasteiger partial charge in [0.1, 0.15) is 0 Å². The molecule has 7 heteroatoms. The van der Waals surface area contributed by atoms with Gasteiger partial charge in [0.25, 0.3) is 0 Å². The number of esters is 1. The number of carbonyl (C=O) groups excluding carboxylic acids is 1. The van der Waals surface area contributed by atoms with E-state index >= 15 is 0 Å². The van der Waals surface area contributed by atoms with E-state index in [1.807, 2.05) is 60.7 Å². The molecule has 0 N–H and O–H groups in total. The molecule has 0 aliphatic rings. The summed E-state index contributed by atoms with van der Waals surface area (Å²) in [5, 5.41) is 0. The van der Waals surface area contributed by atoms with E-state index in [2.05, 4.69) is 0 Å². The highest BCUT2D eigenvalue weighted by molar-refractivity contribution is 7.48. The number of benzene rings is 3. The summed E-state index contributed by atoms with van der Waals surface area (Å²) >= 11 is 0. The largest absolute Gasteiger partial charge is 0.530 e. The summed E-state index contributed by atoms with van der Waals surface area (Å²) in [5.41, 5.74) is 1.63. The van der Waals surface area contributed by atoms with Gasteiger partial charge in [-0.15, -0.1) is 0 Å². The summed E-state index contributed by atoms with van der Waals surface area (Å²) in [4.78, 5) is 11.3. The van der Waals surface area contributed by atoms with E-state index in [-0.39, 0.29) is 24.7 Å². The first-order valence-corrected chi connectivity index (χ1v) is 10.4. The standard InChI is InChI=1S/C22H21O6P/c1-18(23)27-21-14-8-9-15-22(21)28-29(24,25-16-19-10-4-2-5-11-19)26-17-20-12-6-3-7-13-20/h2-15H,16-17H2,1H3. The van der Waals surface area contributed by atoms with Crippen molar-refractivity contribution in [2.45, 2.75) is 20.1 Å². The van der Waals surface area contributed by atoms with Crippen molar-refractivity contribution in [1.82, 2.24) is 0 Å². The number of phosphoric ester groups is 1. The number of carbonyl (C=O) groups is 1. The van der Waals surface area contributed by atoms with Crippen LogP contribution < -0.4 is 9.26 Å². The lowest BCUT2D eigenvalue weighted by molar-refractivity contribution is -0.132. The zero-order chi connectivity index (χ0) is 20.5. The van der Waals surface area contributed by atoms with Crippen molar-refractivity contribution in [3.8, 4) is 11.5 Å². The van der Waals surface area contributed by atoms with Crippen LogP contribution in [0, 0.1) is 0 Å². The Balaban J connectivity index is 1.80. The van der Waals surface area contributed by atoms with Crippen LogP contribution in [0.4, 0.5) is 0 Å². The summed E-state index contributed by atoms with van der Waals surface area (Å²) in [7, 11) is -4.03. The lowest BCUT2D eigenvalue weighted by atomic mass is 10.2. The van der Waals surface area contributed by atoms with Gasteiger partial charge in [-0.3, -0.25) is 13.8 Å². The van der Waals surface area contributed by atoms with Crippen molar-refractivity contribution in [3.63, 3.8) is 0 Å². The van der Waals surface area contributed by atoms with Crippen molar-refractivity contribution in [3.05, 3.63) is 96.1 Å². The summed E-state index contributed by atoms with van der Waals surface area (Å²) in [5.74, 6) is -0.301. The molecular formula is C22H21O6P. The molecule has 0 aliphatic heterocycles. The van der Waals surface area contributed by atoms with Crippen LogP contribution in [0.15, 0.2) is 84.9 Å². The topological polar surface area (TPSA) is 71.1 Å². The highest BCUT2D eigenvalue weighted by Gasteiger charge is 2.30. The number of rotatable bonds is 9. The van der Waals surface area contributed by atoms with Crippen LogP contribution in [0.25, 0.3) is 0 Å². The normalized spacial score (nSPS) is 11.1. The number of hydrogen-bond donors (Lipinski definition) is 0. The SMILES string of the molecule is CC(=O)Oc1ccccc1OP(=O)(OCc1ccccc1)OCc1ccccc1. The van der Waals surface area contributed by atoms with Gasteiger partial charge in [0, 0.05) is 6.92 Å². The minimum Gasteiger partial charge on any atom is -0.423 e. The molecule has 150 valence electrons. The molecule has 0 spiro atoms. The smallest absolute Gasteiger partial charge is 0.423 e. The maximum Gasteiger partial charge on any atom is 0.530 e. The van der Waals surface area contributed by atoms with Gasteiger partial charge in [0.15, 0.2) is 11.5 Å². The molecule has 0 fully saturated rings. The molecule has 0 saturated heterocycles. The average Bonchev–Trinajstić information content (AvgIpc) is 2.74. The number of ether oxygens (including phenoxy) is 1. The fourth-order valence-corrected chi connectivity index (χ4v) is 3.62. The van der Waals surface area contributed by atoms with Crippen molar-refractivity contribution in [2.24, 2.45) is 0 Å². The Hall–Kier alpha value is -2.92. The third-order valence-corrected chi connectivity index (χ3v) is 5.09. The molecule has 0 radical (unpaired) electrons. The molecule has 0 aromatic heterocycles. The van der Waals surface area contributed by atoms with Crippen LogP contribution in [-0.2, 0) is 31.6 Å². The molecule has 0 unspecified atom stereocenters. The molecule has 6 nitrogen and oxygen atoms in total. The third kappa shape index (κ3) is 6.57. The molecule has 3 aromatic carbocycles. The summed E-state index contributed by atoms with van der Waals surface area (Å²) in [6.07, 6.45) is 0. The maximum absolute atomic E-state index is 13.4. The van der Waals surface area contributed by atoms with Crippen molar-refractivity contribution >= 4 is 13.8 Å². The van der Waals surface area contributed by atoms with Gasteiger partial charge < -0.3 is 9.26 Å². The fourth-order valence-electron chi connectivity index (χ4n) is 2.43. The van der Waals surface area contributed by atoms with Gasteiger partial charge in [-0.25, -0.2) is 4.57 Å². The molecule has 29 heavy (non-hydrogen) atoms. The minimum absolute atomic E-state index is 0.0304. The van der Waals surface area contributed by atoms with Gasteiger partial charge in [-0.2, -0.15) is 0 Å². The zero-order valence-electron chi connectivity index (χ0n) is 15.9. The molecule has 3 rings (SSSR count). The minimum atomic E-state index is -4.03. The van der Waals surface area contributed by atoms with E-state index < -0.39 is 13.8 Å². The lowest BCUT2D eigenvalue weighted by Crippen LogP contribution is -2.06. The van der Waals surface area contributed by atoms with E-state index in [9.17, 15) is 9.36 Å². The van der Waals surface area contributed by atoms with E-state index in [4.69, 9.17) is 18.3 Å². The van der Waals surface area contributed by atoms with E-state index in [0.29, 0.717) is 0 Å². The lowest BCUT2D eigenvalue weighted by Gasteiger charge is -2.20. The average molecular weight is 412 g/mol. The van der Waals surface area contributed by atoms with Crippen molar-refractivity contribution in [2.75, 3.05) is 0 Å². The predicted molar refractivity (Wildman–Crippen MR) is 108 cm³/mol. The molecule has 0 heterocycles. The molecule has 0 aliphatic carbocycles. The quantitative estimate of drug-likeness (QED) is 0.261. The Morgan fingerprint density at radius 1 is 0.724 bits per heavy atom. The Morgan fingerprint density at radius 3 is 1.66 bits per heavy atom. The van der Waals surface area contributed by atoms with Gasteiger partial charge in [-0.1, -0.05) is 72.8 Å². The first kappa shape index (κ1) is 20.8. The van der Waals surface area contributed by atoms with Gasteiger partial charge in [-0.05, 0) is 23.3 Å². The van der Waals surface area contributed by atoms with E-state index in [1.165, 1.54) is 19.1 Å². The number of phosphoric acid groups is 1. The van der Waals surface area contributed by atoms with Crippen LogP contribution in [0.3, 0.4) is 0 Å². The molecule has 0 amide bonds. The van der Waals surface area contributed by atoms with E-state index in [1.54, 1.807) is 12.1 Å². The first-order valence-electron chi connectivity index (χ1n) is 8.98. The molecule has 0 atom stereocenters. The summed E-state index contributed by atoms with van der Waals surface area (Å²) in [6, 6.07) is 24.9. The molecule has 0 bridgehead atoms. The number of hydrogen-bond acceptors (Lipinski definition) is 6. The zero-order valence-corrected chi connectivity index (χ0v) is 16.8. The second-order valence-corrected chi connectivity index (χ2v) is 7.69. The second-order valence-electron chi connectivity index (χ2n) is 6.10. The van der Waals surface area contributed by atoms with Crippen LogP contribution in [0.2, 0.25) is 0 Å². The highest BCUT2D eigenvalue weighted by atomic mass is 31.2. The Bertz CT molecular complexity index is 927. The monoisotopic (exact) mass is 412 g/mol. The Morgan fingerprint density at radius 2 is 1.17 bits per heavy atom. The Kier molecular flexibility index (Phi) is 7.19. The molecule has 3 aromatic rings. The fraction of sp³-hybridized carbons (Fsp3) is 0.136. The van der Waals surface area contributed by atoms with E-state index in [0.717, 1.165) is 11.1 Å². The second kappa shape index (κ2) is 10.0. The maximum atomic E-state index is 13.4. The van der Waals surface area contributed by atoms with Gasteiger partial charge in [0.05, 0.1) is 13.2 Å².